The third kappa shape index (κ3) is 3.80. The highest BCUT2D eigenvalue weighted by Gasteiger charge is 2.35. The van der Waals surface area contributed by atoms with E-state index in [1.165, 1.54) is 10.4 Å². The van der Waals surface area contributed by atoms with E-state index in [1.807, 2.05) is 13.0 Å². The summed E-state index contributed by atoms with van der Waals surface area (Å²) >= 11 is 1.69. The molecule has 2 atom stereocenters. The molecule has 9 heteroatoms. The third-order valence-electron chi connectivity index (χ3n) is 6.78. The second-order valence-corrected chi connectivity index (χ2v) is 10.2. The number of nitrogens with zero attached hydrogens (tertiary/aromatic N) is 5. The Morgan fingerprint density at radius 1 is 1.28 bits per heavy atom. The van der Waals surface area contributed by atoms with Crippen LogP contribution in [0.2, 0.25) is 0 Å². The molecule has 3 aromatic heterocycles. The molecule has 1 aliphatic heterocycles. The van der Waals surface area contributed by atoms with E-state index in [4.69, 9.17) is 5.73 Å². The summed E-state index contributed by atoms with van der Waals surface area (Å²) in [6.45, 7) is 3.65. The fraction of sp³-hybridized carbons (Fsp3) is 0.478. The summed E-state index contributed by atoms with van der Waals surface area (Å²) in [5, 5.41) is 4.47. The van der Waals surface area contributed by atoms with E-state index in [0.29, 0.717) is 17.8 Å². The minimum absolute atomic E-state index is 0.0600. The van der Waals surface area contributed by atoms with Crippen LogP contribution < -0.4 is 11.1 Å². The van der Waals surface area contributed by atoms with Gasteiger partial charge in [-0.1, -0.05) is 0 Å². The van der Waals surface area contributed by atoms with Crippen LogP contribution in [0, 0.1) is 12.8 Å². The van der Waals surface area contributed by atoms with Gasteiger partial charge in [-0.15, -0.1) is 11.3 Å². The molecule has 2 unspecified atom stereocenters. The van der Waals surface area contributed by atoms with Crippen molar-refractivity contribution in [1.29, 1.82) is 0 Å². The molecule has 1 saturated heterocycles. The van der Waals surface area contributed by atoms with Gasteiger partial charge in [-0.2, -0.15) is 0 Å². The molecule has 4 heterocycles. The van der Waals surface area contributed by atoms with E-state index in [2.05, 4.69) is 44.2 Å². The van der Waals surface area contributed by atoms with E-state index < -0.39 is 0 Å². The molecular formula is C23H29N7OS. The molecule has 1 amide bonds. The molecule has 0 spiro atoms. The van der Waals surface area contributed by atoms with Crippen molar-refractivity contribution in [2.75, 3.05) is 38.2 Å². The number of carbonyl (C=O) groups excluding carboxylic acids is 1. The van der Waals surface area contributed by atoms with Gasteiger partial charge in [0.15, 0.2) is 0 Å². The lowest BCUT2D eigenvalue weighted by Gasteiger charge is -2.27. The summed E-state index contributed by atoms with van der Waals surface area (Å²) in [6.07, 6.45) is 6.92. The zero-order chi connectivity index (χ0) is 22.4. The summed E-state index contributed by atoms with van der Waals surface area (Å²) in [5.41, 5.74) is 8.91. The van der Waals surface area contributed by atoms with Crippen LogP contribution in [0.5, 0.6) is 0 Å². The number of hydrogen-bond donors (Lipinski definition) is 2. The maximum Gasteiger partial charge on any atom is 0.226 e. The summed E-state index contributed by atoms with van der Waals surface area (Å²) in [5.74, 6) is 1.69. The minimum atomic E-state index is 0.0600. The highest BCUT2D eigenvalue weighted by Crippen LogP contribution is 2.41. The fourth-order valence-electron chi connectivity index (χ4n) is 4.83. The Balaban J connectivity index is 1.38. The highest BCUT2D eigenvalue weighted by atomic mass is 32.1. The SMILES string of the molecule is Cc1cc(Nc2ncnc3sc4c(c23)CCC(C(=O)N2CCC(N(C)C)C2)C4)cnc1N. The van der Waals surface area contributed by atoms with Crippen LogP contribution in [0.15, 0.2) is 18.6 Å². The monoisotopic (exact) mass is 451 g/mol. The Hall–Kier alpha value is -2.78. The molecule has 1 aliphatic carbocycles. The molecule has 2 aliphatic rings. The van der Waals surface area contributed by atoms with Crippen molar-refractivity contribution in [2.24, 2.45) is 5.92 Å². The van der Waals surface area contributed by atoms with Gasteiger partial charge in [0.05, 0.1) is 17.3 Å². The number of fused-ring (bicyclic) bond motifs is 3. The predicted molar refractivity (Wildman–Crippen MR) is 128 cm³/mol. The molecule has 8 nitrogen and oxygen atoms in total. The van der Waals surface area contributed by atoms with E-state index in [-0.39, 0.29) is 5.92 Å². The van der Waals surface area contributed by atoms with Crippen LogP contribution in [-0.2, 0) is 17.6 Å². The molecule has 32 heavy (non-hydrogen) atoms. The second-order valence-electron chi connectivity index (χ2n) is 9.09. The van der Waals surface area contributed by atoms with E-state index in [1.54, 1.807) is 23.9 Å². The van der Waals surface area contributed by atoms with Crippen molar-refractivity contribution in [3.63, 3.8) is 0 Å². The van der Waals surface area contributed by atoms with Crippen molar-refractivity contribution in [2.45, 2.75) is 38.6 Å². The van der Waals surface area contributed by atoms with Crippen molar-refractivity contribution in [3.05, 3.63) is 34.6 Å². The average Bonchev–Trinajstić information content (AvgIpc) is 3.41. The van der Waals surface area contributed by atoms with Crippen molar-refractivity contribution in [3.8, 4) is 0 Å². The van der Waals surface area contributed by atoms with Crippen molar-refractivity contribution in [1.82, 2.24) is 24.8 Å². The lowest BCUT2D eigenvalue weighted by Crippen LogP contribution is -2.39. The smallest absolute Gasteiger partial charge is 0.226 e. The Labute approximate surface area is 191 Å². The first-order valence-electron chi connectivity index (χ1n) is 11.1. The van der Waals surface area contributed by atoms with Gasteiger partial charge < -0.3 is 20.9 Å². The summed E-state index contributed by atoms with van der Waals surface area (Å²) < 4.78 is 0. The number of nitrogens with one attached hydrogen (secondary N) is 1. The second kappa shape index (κ2) is 8.29. The number of thiophene rings is 1. The summed E-state index contributed by atoms with van der Waals surface area (Å²) in [6, 6.07) is 2.44. The number of likely N-dealkylation sites (tertiary alicyclic amines) is 1. The first-order chi connectivity index (χ1) is 15.4. The quantitative estimate of drug-likeness (QED) is 0.629. The van der Waals surface area contributed by atoms with Gasteiger partial charge >= 0.3 is 0 Å². The molecule has 0 aromatic carbocycles. The topological polar surface area (TPSA) is 100 Å². The Morgan fingerprint density at radius 3 is 2.88 bits per heavy atom. The van der Waals surface area contributed by atoms with Crippen LogP contribution in [-0.4, -0.2) is 63.9 Å². The molecule has 0 bridgehead atoms. The average molecular weight is 452 g/mol. The Morgan fingerprint density at radius 2 is 2.12 bits per heavy atom. The summed E-state index contributed by atoms with van der Waals surface area (Å²) in [4.78, 5) is 33.0. The number of anilines is 3. The van der Waals surface area contributed by atoms with E-state index >= 15 is 0 Å². The normalized spacial score (nSPS) is 20.7. The molecule has 3 aromatic rings. The number of pyridine rings is 1. The standard InChI is InChI=1S/C23H29N7OS/c1-13-8-15(10-25-20(13)24)28-21-19-17-5-4-14(9-18(17)32-22(19)27-12-26-21)23(31)30-7-6-16(11-30)29(2)3/h8,10,12,14,16H,4-7,9,11H2,1-3H3,(H2,24,25)(H,26,27,28). The Bertz CT molecular complexity index is 1170. The van der Waals surface area contributed by atoms with Gasteiger partial charge in [-0.05, 0) is 63.9 Å². The number of likely N-dealkylation sites (N-methyl/N-ethyl adjacent to an activating group) is 1. The zero-order valence-corrected chi connectivity index (χ0v) is 19.6. The molecule has 168 valence electrons. The number of nitrogens with two attached hydrogens (primary N) is 1. The number of hydrogen-bond acceptors (Lipinski definition) is 8. The van der Waals surface area contributed by atoms with Gasteiger partial charge in [0.25, 0.3) is 0 Å². The zero-order valence-electron chi connectivity index (χ0n) is 18.8. The summed E-state index contributed by atoms with van der Waals surface area (Å²) in [7, 11) is 4.19. The lowest BCUT2D eigenvalue weighted by molar-refractivity contribution is -0.134. The molecular weight excluding hydrogens is 422 g/mol. The first-order valence-corrected chi connectivity index (χ1v) is 11.9. The van der Waals surface area contributed by atoms with E-state index in [9.17, 15) is 4.79 Å². The Kier molecular flexibility index (Phi) is 5.46. The molecule has 5 rings (SSSR count). The minimum Gasteiger partial charge on any atom is -0.383 e. The predicted octanol–water partition coefficient (Wildman–Crippen LogP) is 2.99. The van der Waals surface area contributed by atoms with Crippen LogP contribution >= 0.6 is 11.3 Å². The van der Waals surface area contributed by atoms with Gasteiger partial charge in [0.1, 0.15) is 22.8 Å². The number of carbonyl (C=O) groups is 1. The number of amides is 1. The van der Waals surface area contributed by atoms with Crippen molar-refractivity contribution >= 4 is 44.8 Å². The largest absolute Gasteiger partial charge is 0.383 e. The van der Waals surface area contributed by atoms with Gasteiger partial charge in [-0.3, -0.25) is 4.79 Å². The van der Waals surface area contributed by atoms with Crippen LogP contribution in [0.4, 0.5) is 17.3 Å². The number of aryl methyl sites for hydroxylation is 2. The highest BCUT2D eigenvalue weighted by molar-refractivity contribution is 7.19. The third-order valence-corrected chi connectivity index (χ3v) is 7.94. The van der Waals surface area contributed by atoms with Crippen molar-refractivity contribution < 1.29 is 4.79 Å². The lowest BCUT2D eigenvalue weighted by atomic mass is 9.87. The van der Waals surface area contributed by atoms with E-state index in [0.717, 1.165) is 66.1 Å². The van der Waals surface area contributed by atoms with Gasteiger partial charge in [0, 0.05) is 29.9 Å². The van der Waals surface area contributed by atoms with Crippen LogP contribution in [0.3, 0.4) is 0 Å². The van der Waals surface area contributed by atoms with Crippen LogP contribution in [0.25, 0.3) is 10.2 Å². The first kappa shape index (κ1) is 21.1. The van der Waals surface area contributed by atoms with Gasteiger partial charge in [0.2, 0.25) is 5.91 Å². The number of nitrogen functional groups attached to an aromatic ring is 1. The fourth-order valence-corrected chi connectivity index (χ4v) is 6.09. The van der Waals surface area contributed by atoms with Gasteiger partial charge in [-0.25, -0.2) is 15.0 Å². The maximum absolute atomic E-state index is 13.2. The molecule has 3 N–H and O–H groups in total. The number of aromatic nitrogens is 3. The molecule has 0 saturated carbocycles. The van der Waals surface area contributed by atoms with Crippen LogP contribution in [0.1, 0.15) is 28.8 Å². The molecule has 1 fully saturated rings. The number of rotatable bonds is 4. The molecule has 0 radical (unpaired) electrons. The maximum atomic E-state index is 13.2.